The molecule has 7 heteroatoms. The molecule has 0 aromatic carbocycles. The number of carboxylic acids is 1. The Bertz CT molecular complexity index is 267. The van der Waals surface area contributed by atoms with Gasteiger partial charge in [0.2, 0.25) is 5.91 Å². The molecule has 0 aliphatic heterocycles. The third-order valence-corrected chi connectivity index (χ3v) is 1.77. The fourth-order valence-electron chi connectivity index (χ4n) is 1.02. The molecular formula is C9H17N3O4. The van der Waals surface area contributed by atoms with Crippen LogP contribution in [0.25, 0.3) is 0 Å². The maximum absolute atomic E-state index is 11.4. The Morgan fingerprint density at radius 3 is 2.25 bits per heavy atom. The van der Waals surface area contributed by atoms with Crippen molar-refractivity contribution in [3.05, 3.63) is 0 Å². The minimum absolute atomic E-state index is 0.0736. The number of hydrogen-bond donors (Lipinski definition) is 3. The van der Waals surface area contributed by atoms with E-state index in [0.717, 1.165) is 0 Å². The zero-order chi connectivity index (χ0) is 12.6. The number of likely N-dealkylation sites (N-methyl/N-ethyl adjacent to an activating group) is 2. The molecule has 0 aromatic heterocycles. The number of rotatable bonds is 6. The lowest BCUT2D eigenvalue weighted by Crippen LogP contribution is -2.46. The largest absolute Gasteiger partial charge is 0.480 e. The Morgan fingerprint density at radius 2 is 1.81 bits per heavy atom. The van der Waals surface area contributed by atoms with Crippen molar-refractivity contribution < 1.29 is 19.5 Å². The molecule has 0 radical (unpaired) electrons. The first kappa shape index (κ1) is 14.2. The summed E-state index contributed by atoms with van der Waals surface area (Å²) in [6.07, 6.45) is 0. The minimum atomic E-state index is -1.12. The first-order valence-electron chi connectivity index (χ1n) is 5.02. The van der Waals surface area contributed by atoms with Crippen LogP contribution in [0.3, 0.4) is 0 Å². The highest BCUT2D eigenvalue weighted by Gasteiger charge is 2.15. The van der Waals surface area contributed by atoms with E-state index in [1.165, 1.54) is 4.90 Å². The summed E-state index contributed by atoms with van der Waals surface area (Å²) >= 11 is 0. The second-order valence-corrected chi connectivity index (χ2v) is 3.02. The molecule has 3 N–H and O–H groups in total. The van der Waals surface area contributed by atoms with Crippen molar-refractivity contribution in [1.82, 2.24) is 15.5 Å². The Kier molecular flexibility index (Phi) is 6.66. The van der Waals surface area contributed by atoms with Gasteiger partial charge in [0.15, 0.2) is 0 Å². The maximum atomic E-state index is 11.4. The van der Waals surface area contributed by atoms with E-state index in [9.17, 15) is 14.4 Å². The molecule has 0 aliphatic rings. The van der Waals surface area contributed by atoms with Gasteiger partial charge >= 0.3 is 12.0 Å². The molecule has 0 saturated heterocycles. The van der Waals surface area contributed by atoms with Gasteiger partial charge in [0.25, 0.3) is 0 Å². The molecule has 0 bridgehead atoms. The molecule has 0 aliphatic carbocycles. The molecule has 0 unspecified atom stereocenters. The standard InChI is InChI=1S/C9H17N3O4/c1-3-10-7(13)6-12(4-2)9(16)11-5-8(14)15/h3-6H2,1-2H3,(H,10,13)(H,11,16)(H,14,15). The van der Waals surface area contributed by atoms with E-state index < -0.39 is 18.5 Å². The molecule has 0 spiro atoms. The number of amides is 3. The average molecular weight is 231 g/mol. The lowest BCUT2D eigenvalue weighted by molar-refractivity contribution is -0.135. The second-order valence-electron chi connectivity index (χ2n) is 3.02. The molecule has 7 nitrogen and oxygen atoms in total. The molecule has 0 heterocycles. The molecule has 0 fully saturated rings. The molecule has 0 rings (SSSR count). The zero-order valence-corrected chi connectivity index (χ0v) is 9.45. The highest BCUT2D eigenvalue weighted by molar-refractivity contribution is 5.85. The van der Waals surface area contributed by atoms with Crippen molar-refractivity contribution in [3.63, 3.8) is 0 Å². The molecule has 0 atom stereocenters. The summed E-state index contributed by atoms with van der Waals surface area (Å²) < 4.78 is 0. The van der Waals surface area contributed by atoms with Gasteiger partial charge in [-0.1, -0.05) is 0 Å². The topological polar surface area (TPSA) is 98.7 Å². The summed E-state index contributed by atoms with van der Waals surface area (Å²) in [4.78, 5) is 34.1. The van der Waals surface area contributed by atoms with Crippen molar-refractivity contribution in [1.29, 1.82) is 0 Å². The lowest BCUT2D eigenvalue weighted by atomic mass is 10.4. The van der Waals surface area contributed by atoms with E-state index in [-0.39, 0.29) is 12.5 Å². The van der Waals surface area contributed by atoms with Gasteiger partial charge in [0, 0.05) is 13.1 Å². The molecule has 3 amide bonds. The Morgan fingerprint density at radius 1 is 1.19 bits per heavy atom. The van der Waals surface area contributed by atoms with E-state index in [4.69, 9.17) is 5.11 Å². The minimum Gasteiger partial charge on any atom is -0.480 e. The number of carboxylic acid groups (broad SMARTS) is 1. The van der Waals surface area contributed by atoms with Crippen LogP contribution in [-0.4, -0.2) is 54.1 Å². The monoisotopic (exact) mass is 231 g/mol. The number of carbonyl (C=O) groups excluding carboxylic acids is 2. The van der Waals surface area contributed by atoms with E-state index in [2.05, 4.69) is 10.6 Å². The maximum Gasteiger partial charge on any atom is 0.323 e. The van der Waals surface area contributed by atoms with E-state index >= 15 is 0 Å². The lowest BCUT2D eigenvalue weighted by Gasteiger charge is -2.20. The Balaban J connectivity index is 4.11. The van der Waals surface area contributed by atoms with E-state index in [1.807, 2.05) is 0 Å². The van der Waals surface area contributed by atoms with Gasteiger partial charge in [0.05, 0.1) is 0 Å². The fourth-order valence-corrected chi connectivity index (χ4v) is 1.02. The predicted molar refractivity (Wildman–Crippen MR) is 57.0 cm³/mol. The van der Waals surface area contributed by atoms with Gasteiger partial charge in [-0.3, -0.25) is 9.59 Å². The van der Waals surface area contributed by atoms with Crippen LogP contribution in [0, 0.1) is 0 Å². The number of hydrogen-bond acceptors (Lipinski definition) is 3. The zero-order valence-electron chi connectivity index (χ0n) is 9.45. The Labute approximate surface area is 93.8 Å². The highest BCUT2D eigenvalue weighted by Crippen LogP contribution is 1.88. The average Bonchev–Trinajstić information content (AvgIpc) is 2.22. The smallest absolute Gasteiger partial charge is 0.323 e. The van der Waals surface area contributed by atoms with Crippen molar-refractivity contribution in [2.75, 3.05) is 26.2 Å². The summed E-state index contributed by atoms with van der Waals surface area (Å²) in [6, 6.07) is -0.559. The fraction of sp³-hybridized carbons (Fsp3) is 0.667. The third-order valence-electron chi connectivity index (χ3n) is 1.77. The van der Waals surface area contributed by atoms with Crippen LogP contribution in [0.2, 0.25) is 0 Å². The first-order chi connectivity index (χ1) is 7.51. The van der Waals surface area contributed by atoms with Crippen molar-refractivity contribution in [3.8, 4) is 0 Å². The summed E-state index contributed by atoms with van der Waals surface area (Å²) in [6.45, 7) is 3.79. The Hall–Kier alpha value is -1.79. The van der Waals surface area contributed by atoms with Crippen LogP contribution in [-0.2, 0) is 9.59 Å². The number of nitrogens with zero attached hydrogens (tertiary/aromatic N) is 1. The van der Waals surface area contributed by atoms with Gasteiger partial charge < -0.3 is 20.6 Å². The van der Waals surface area contributed by atoms with Crippen LogP contribution >= 0.6 is 0 Å². The van der Waals surface area contributed by atoms with Crippen LogP contribution in [0.4, 0.5) is 4.79 Å². The summed E-state index contributed by atoms with van der Waals surface area (Å²) in [5.74, 6) is -1.39. The van der Waals surface area contributed by atoms with Crippen molar-refractivity contribution in [2.45, 2.75) is 13.8 Å². The van der Waals surface area contributed by atoms with Gasteiger partial charge in [-0.2, -0.15) is 0 Å². The molecule has 0 aromatic rings. The van der Waals surface area contributed by atoms with E-state index in [1.54, 1.807) is 13.8 Å². The predicted octanol–water partition coefficient (Wildman–Crippen LogP) is -0.761. The second kappa shape index (κ2) is 7.49. The van der Waals surface area contributed by atoms with Crippen molar-refractivity contribution >= 4 is 17.9 Å². The molecule has 16 heavy (non-hydrogen) atoms. The molecule has 92 valence electrons. The summed E-state index contributed by atoms with van der Waals surface area (Å²) in [5.41, 5.74) is 0. The number of urea groups is 1. The third kappa shape index (κ3) is 5.84. The normalized spacial score (nSPS) is 9.38. The summed E-state index contributed by atoms with van der Waals surface area (Å²) in [7, 11) is 0. The van der Waals surface area contributed by atoms with Gasteiger partial charge in [-0.25, -0.2) is 4.79 Å². The van der Waals surface area contributed by atoms with Crippen LogP contribution < -0.4 is 10.6 Å². The highest BCUT2D eigenvalue weighted by atomic mass is 16.4. The van der Waals surface area contributed by atoms with Gasteiger partial charge in [-0.15, -0.1) is 0 Å². The first-order valence-corrected chi connectivity index (χ1v) is 5.02. The van der Waals surface area contributed by atoms with E-state index in [0.29, 0.717) is 13.1 Å². The van der Waals surface area contributed by atoms with Crippen LogP contribution in [0.15, 0.2) is 0 Å². The van der Waals surface area contributed by atoms with Crippen molar-refractivity contribution in [2.24, 2.45) is 0 Å². The van der Waals surface area contributed by atoms with Gasteiger partial charge in [-0.05, 0) is 13.8 Å². The van der Waals surface area contributed by atoms with Crippen LogP contribution in [0.5, 0.6) is 0 Å². The quantitative estimate of drug-likeness (QED) is 0.559. The molecule has 0 saturated carbocycles. The number of carbonyl (C=O) groups is 3. The SMILES string of the molecule is CCNC(=O)CN(CC)C(=O)NCC(=O)O. The summed E-state index contributed by atoms with van der Waals surface area (Å²) in [5, 5.41) is 13.1. The molecular weight excluding hydrogens is 214 g/mol. The van der Waals surface area contributed by atoms with Gasteiger partial charge in [0.1, 0.15) is 13.1 Å². The van der Waals surface area contributed by atoms with Crippen LogP contribution in [0.1, 0.15) is 13.8 Å². The number of aliphatic carboxylic acids is 1. The number of nitrogens with one attached hydrogen (secondary N) is 2.